The summed E-state index contributed by atoms with van der Waals surface area (Å²) in [5, 5.41) is 10.3. The number of halogens is 1. The quantitative estimate of drug-likeness (QED) is 0.192. The molecule has 0 spiro atoms. The van der Waals surface area contributed by atoms with Crippen molar-refractivity contribution in [1.29, 1.82) is 0 Å². The fourth-order valence-electron chi connectivity index (χ4n) is 3.73. The molecule has 0 aliphatic carbocycles. The van der Waals surface area contributed by atoms with Crippen LogP contribution in [-0.2, 0) is 6.54 Å². The van der Waals surface area contributed by atoms with Gasteiger partial charge in [-0.15, -0.1) is 24.0 Å². The second-order valence-corrected chi connectivity index (χ2v) is 7.48. The van der Waals surface area contributed by atoms with Crippen molar-refractivity contribution in [3.63, 3.8) is 0 Å². The number of nitrogens with one attached hydrogen (secondary N) is 3. The van der Waals surface area contributed by atoms with E-state index in [1.165, 1.54) is 24.9 Å². The second-order valence-electron chi connectivity index (χ2n) is 7.48. The standard InChI is InChI=1S/C23H34N6.HI/c1-24-23(27-16-8-7-15-26-22-13-5-6-14-25-22)28-18-21-12-9-17-29(21)19-20-10-3-2-4-11-20;/h2-6,10-11,13-14,21H,7-9,12,15-19H2,1H3,(H,25,26)(H2,24,27,28);1H. The smallest absolute Gasteiger partial charge is 0.191 e. The van der Waals surface area contributed by atoms with E-state index >= 15 is 0 Å². The monoisotopic (exact) mass is 522 g/mol. The summed E-state index contributed by atoms with van der Waals surface area (Å²) in [6, 6.07) is 17.2. The molecular formula is C23H35IN6. The molecule has 2 heterocycles. The normalized spacial score (nSPS) is 16.7. The Bertz CT molecular complexity index is 725. The van der Waals surface area contributed by atoms with Gasteiger partial charge >= 0.3 is 0 Å². The molecule has 6 nitrogen and oxygen atoms in total. The Hall–Kier alpha value is -1.87. The first-order chi connectivity index (χ1) is 14.3. The molecule has 1 fully saturated rings. The van der Waals surface area contributed by atoms with Gasteiger partial charge in [-0.3, -0.25) is 9.89 Å². The third kappa shape index (κ3) is 8.47. The van der Waals surface area contributed by atoms with Crippen molar-refractivity contribution in [1.82, 2.24) is 20.5 Å². The molecule has 0 radical (unpaired) electrons. The SMILES string of the molecule is CN=C(NCCCCNc1ccccn1)NCC1CCCN1Cc1ccccc1.I. The molecule has 3 N–H and O–H groups in total. The average Bonchev–Trinajstić information content (AvgIpc) is 3.21. The molecule has 0 bridgehead atoms. The van der Waals surface area contributed by atoms with Crippen molar-refractivity contribution in [2.75, 3.05) is 38.5 Å². The van der Waals surface area contributed by atoms with Crippen LogP contribution in [-0.4, -0.2) is 55.1 Å². The summed E-state index contributed by atoms with van der Waals surface area (Å²) in [6.07, 6.45) is 6.51. The zero-order valence-electron chi connectivity index (χ0n) is 17.9. The van der Waals surface area contributed by atoms with Gasteiger partial charge in [-0.1, -0.05) is 36.4 Å². The first-order valence-corrected chi connectivity index (χ1v) is 10.7. The lowest BCUT2D eigenvalue weighted by molar-refractivity contribution is 0.245. The summed E-state index contributed by atoms with van der Waals surface area (Å²) in [5.74, 6) is 1.84. The maximum Gasteiger partial charge on any atom is 0.191 e. The molecular weight excluding hydrogens is 487 g/mol. The van der Waals surface area contributed by atoms with Crippen LogP contribution >= 0.6 is 24.0 Å². The molecule has 30 heavy (non-hydrogen) atoms. The van der Waals surface area contributed by atoms with Crippen LogP contribution in [0.3, 0.4) is 0 Å². The number of pyridine rings is 1. The maximum atomic E-state index is 4.37. The van der Waals surface area contributed by atoms with Crippen molar-refractivity contribution in [2.24, 2.45) is 4.99 Å². The number of nitrogens with zero attached hydrogens (tertiary/aromatic N) is 3. The Kier molecular flexibility index (Phi) is 11.5. The largest absolute Gasteiger partial charge is 0.370 e. The Balaban J connectivity index is 0.00000320. The van der Waals surface area contributed by atoms with Crippen LogP contribution in [0, 0.1) is 0 Å². The Morgan fingerprint density at radius 3 is 2.63 bits per heavy atom. The minimum absolute atomic E-state index is 0. The molecule has 7 heteroatoms. The van der Waals surface area contributed by atoms with Gasteiger partial charge in [0.05, 0.1) is 0 Å². The molecule has 1 aromatic heterocycles. The highest BCUT2D eigenvalue weighted by Gasteiger charge is 2.24. The summed E-state index contributed by atoms with van der Waals surface area (Å²) in [5.41, 5.74) is 1.39. The summed E-state index contributed by atoms with van der Waals surface area (Å²) >= 11 is 0. The van der Waals surface area contributed by atoms with Gasteiger partial charge in [0.1, 0.15) is 5.82 Å². The third-order valence-corrected chi connectivity index (χ3v) is 5.32. The van der Waals surface area contributed by atoms with Crippen molar-refractivity contribution in [3.8, 4) is 0 Å². The Labute approximate surface area is 198 Å². The molecule has 1 aromatic carbocycles. The topological polar surface area (TPSA) is 64.6 Å². The number of aromatic nitrogens is 1. The lowest BCUT2D eigenvalue weighted by Gasteiger charge is -2.25. The number of likely N-dealkylation sites (tertiary alicyclic amines) is 1. The fraction of sp³-hybridized carbons (Fsp3) is 0.478. The maximum absolute atomic E-state index is 4.37. The van der Waals surface area contributed by atoms with Crippen LogP contribution in [0.25, 0.3) is 0 Å². The van der Waals surface area contributed by atoms with Crippen LogP contribution in [0.1, 0.15) is 31.2 Å². The zero-order chi connectivity index (χ0) is 20.2. The molecule has 3 rings (SSSR count). The van der Waals surface area contributed by atoms with Gasteiger partial charge in [0.15, 0.2) is 5.96 Å². The van der Waals surface area contributed by atoms with Crippen molar-refractivity contribution in [3.05, 3.63) is 60.3 Å². The van der Waals surface area contributed by atoms with Crippen LogP contribution in [0.2, 0.25) is 0 Å². The minimum Gasteiger partial charge on any atom is -0.370 e. The lowest BCUT2D eigenvalue weighted by Crippen LogP contribution is -2.44. The highest BCUT2D eigenvalue weighted by molar-refractivity contribution is 14.0. The van der Waals surface area contributed by atoms with Crippen molar-refractivity contribution < 1.29 is 0 Å². The van der Waals surface area contributed by atoms with Crippen molar-refractivity contribution >= 4 is 35.8 Å². The van der Waals surface area contributed by atoms with Gasteiger partial charge in [0.25, 0.3) is 0 Å². The molecule has 1 saturated heterocycles. The van der Waals surface area contributed by atoms with E-state index in [4.69, 9.17) is 0 Å². The van der Waals surface area contributed by atoms with Gasteiger partial charge < -0.3 is 16.0 Å². The number of anilines is 1. The summed E-state index contributed by atoms with van der Waals surface area (Å²) in [6.45, 7) is 5.00. The minimum atomic E-state index is 0. The molecule has 1 unspecified atom stereocenters. The molecule has 0 amide bonds. The number of hydrogen-bond acceptors (Lipinski definition) is 4. The number of benzene rings is 1. The van der Waals surface area contributed by atoms with Gasteiger partial charge in [0, 0.05) is 45.5 Å². The summed E-state index contributed by atoms with van der Waals surface area (Å²) < 4.78 is 0. The Morgan fingerprint density at radius 2 is 1.87 bits per heavy atom. The van der Waals surface area contributed by atoms with Gasteiger partial charge in [0.2, 0.25) is 0 Å². The van der Waals surface area contributed by atoms with E-state index in [9.17, 15) is 0 Å². The summed E-state index contributed by atoms with van der Waals surface area (Å²) in [4.78, 5) is 11.2. The predicted octanol–water partition coefficient (Wildman–Crippen LogP) is 3.72. The zero-order valence-corrected chi connectivity index (χ0v) is 20.2. The second kappa shape index (κ2) is 14.2. The highest BCUT2D eigenvalue weighted by Crippen LogP contribution is 2.19. The number of aliphatic imine (C=N–C) groups is 1. The van der Waals surface area contributed by atoms with Crippen molar-refractivity contribution in [2.45, 2.75) is 38.3 Å². The number of guanidine groups is 1. The molecule has 2 aromatic rings. The van der Waals surface area contributed by atoms with E-state index < -0.39 is 0 Å². The van der Waals surface area contributed by atoms with E-state index in [2.05, 4.69) is 61.2 Å². The molecule has 164 valence electrons. The predicted molar refractivity (Wildman–Crippen MR) is 137 cm³/mol. The van der Waals surface area contributed by atoms with Gasteiger partial charge in [-0.2, -0.15) is 0 Å². The first kappa shape index (κ1) is 24.4. The lowest BCUT2D eigenvalue weighted by atomic mass is 10.2. The summed E-state index contributed by atoms with van der Waals surface area (Å²) in [7, 11) is 1.84. The number of unbranched alkanes of at least 4 members (excludes halogenated alkanes) is 1. The van der Waals surface area contributed by atoms with E-state index in [0.717, 1.165) is 50.8 Å². The van der Waals surface area contributed by atoms with E-state index in [-0.39, 0.29) is 24.0 Å². The molecule has 0 saturated carbocycles. The average molecular weight is 522 g/mol. The molecule has 1 aliphatic heterocycles. The van der Waals surface area contributed by atoms with E-state index in [1.807, 2.05) is 31.4 Å². The van der Waals surface area contributed by atoms with Gasteiger partial charge in [-0.05, 0) is 49.9 Å². The van der Waals surface area contributed by atoms with Crippen LogP contribution in [0.15, 0.2) is 59.7 Å². The van der Waals surface area contributed by atoms with Crippen LogP contribution in [0.4, 0.5) is 5.82 Å². The third-order valence-electron chi connectivity index (χ3n) is 5.32. The number of hydrogen-bond donors (Lipinski definition) is 3. The molecule has 1 atom stereocenters. The molecule has 1 aliphatic rings. The van der Waals surface area contributed by atoms with Crippen LogP contribution in [0.5, 0.6) is 0 Å². The number of rotatable bonds is 10. The first-order valence-electron chi connectivity index (χ1n) is 10.7. The van der Waals surface area contributed by atoms with Gasteiger partial charge in [-0.25, -0.2) is 4.98 Å². The van der Waals surface area contributed by atoms with E-state index in [1.54, 1.807) is 0 Å². The highest BCUT2D eigenvalue weighted by atomic mass is 127. The Morgan fingerprint density at radius 1 is 1.07 bits per heavy atom. The van der Waals surface area contributed by atoms with E-state index in [0.29, 0.717) is 6.04 Å². The van der Waals surface area contributed by atoms with Crippen LogP contribution < -0.4 is 16.0 Å². The fourth-order valence-corrected chi connectivity index (χ4v) is 3.73.